The van der Waals surface area contributed by atoms with Crippen molar-refractivity contribution in [3.8, 4) is 0 Å². The largest absolute Gasteiger partial charge is 0.344 e. The van der Waals surface area contributed by atoms with Crippen molar-refractivity contribution in [2.75, 3.05) is 5.32 Å². The van der Waals surface area contributed by atoms with Gasteiger partial charge < -0.3 is 10.6 Å². The molecule has 0 aliphatic carbocycles. The number of hydrogen-bond acceptors (Lipinski definition) is 2. The van der Waals surface area contributed by atoms with Crippen LogP contribution in [-0.2, 0) is 16.0 Å². The lowest BCUT2D eigenvalue weighted by Crippen LogP contribution is -2.45. The monoisotopic (exact) mass is 448 g/mol. The van der Waals surface area contributed by atoms with E-state index in [9.17, 15) is 9.59 Å². The maximum atomic E-state index is 12.9. The summed E-state index contributed by atoms with van der Waals surface area (Å²) in [4.78, 5) is 25.4. The van der Waals surface area contributed by atoms with Gasteiger partial charge in [0, 0.05) is 17.9 Å². The van der Waals surface area contributed by atoms with Crippen LogP contribution in [0.4, 0.5) is 5.69 Å². The van der Waals surface area contributed by atoms with E-state index in [1.807, 2.05) is 30.3 Å². The van der Waals surface area contributed by atoms with Gasteiger partial charge in [0.1, 0.15) is 6.04 Å². The van der Waals surface area contributed by atoms with Crippen molar-refractivity contribution >= 4 is 40.7 Å². The molecule has 0 fully saturated rings. The fourth-order valence-electron chi connectivity index (χ4n) is 3.20. The maximum absolute atomic E-state index is 12.9. The fourth-order valence-corrected chi connectivity index (χ4v) is 3.66. The Morgan fingerprint density at radius 2 is 1.63 bits per heavy atom. The lowest BCUT2D eigenvalue weighted by Gasteiger charge is -2.19. The van der Waals surface area contributed by atoms with E-state index < -0.39 is 6.04 Å². The number of hydrogen-bond donors (Lipinski definition) is 2. The van der Waals surface area contributed by atoms with Crippen molar-refractivity contribution in [3.63, 3.8) is 0 Å². The molecule has 2 rings (SSSR count). The molecule has 0 aliphatic rings. The van der Waals surface area contributed by atoms with Gasteiger partial charge in [-0.1, -0.05) is 92.6 Å². The number of halogens is 2. The predicted molar refractivity (Wildman–Crippen MR) is 125 cm³/mol. The standard InChI is InChI=1S/C24H30Cl2N2O2/c1-2-3-4-5-6-10-13-23(29)27-22(16-18-11-8-7-9-12-18)24(30)28-21-15-14-19(25)17-20(21)26/h7-9,11-12,14-15,17,22H,2-6,10,13,16H2,1H3,(H,27,29)(H,28,30). The van der Waals surface area contributed by atoms with E-state index in [0.717, 1.165) is 24.8 Å². The lowest BCUT2D eigenvalue weighted by molar-refractivity contribution is -0.126. The van der Waals surface area contributed by atoms with Crippen molar-refractivity contribution in [3.05, 3.63) is 64.1 Å². The Morgan fingerprint density at radius 1 is 0.933 bits per heavy atom. The number of benzene rings is 2. The van der Waals surface area contributed by atoms with Crippen molar-refractivity contribution in [1.29, 1.82) is 0 Å². The molecule has 1 unspecified atom stereocenters. The van der Waals surface area contributed by atoms with E-state index in [1.54, 1.807) is 18.2 Å². The second-order valence-corrected chi connectivity index (χ2v) is 8.28. The van der Waals surface area contributed by atoms with E-state index in [0.29, 0.717) is 28.6 Å². The summed E-state index contributed by atoms with van der Waals surface area (Å²) in [5.74, 6) is -0.414. The molecule has 162 valence electrons. The topological polar surface area (TPSA) is 58.2 Å². The highest BCUT2D eigenvalue weighted by Gasteiger charge is 2.22. The first-order chi connectivity index (χ1) is 14.5. The Labute approximate surface area is 189 Å². The number of carbonyl (C=O) groups excluding carboxylic acids is 2. The molecule has 0 aromatic heterocycles. The third kappa shape index (κ3) is 8.76. The summed E-state index contributed by atoms with van der Waals surface area (Å²) < 4.78 is 0. The molecule has 0 saturated heterocycles. The highest BCUT2D eigenvalue weighted by atomic mass is 35.5. The molecule has 0 bridgehead atoms. The van der Waals surface area contributed by atoms with Crippen LogP contribution in [0, 0.1) is 0 Å². The maximum Gasteiger partial charge on any atom is 0.247 e. The molecular weight excluding hydrogens is 419 g/mol. The summed E-state index contributed by atoms with van der Waals surface area (Å²) in [5.41, 5.74) is 1.44. The third-order valence-corrected chi connectivity index (χ3v) is 5.43. The van der Waals surface area contributed by atoms with Gasteiger partial charge in [-0.15, -0.1) is 0 Å². The molecule has 1 atom stereocenters. The van der Waals surface area contributed by atoms with Crippen molar-refractivity contribution in [2.24, 2.45) is 0 Å². The first kappa shape index (κ1) is 24.2. The Morgan fingerprint density at radius 3 is 2.33 bits per heavy atom. The molecule has 0 saturated carbocycles. The summed E-state index contributed by atoms with van der Waals surface area (Å²) in [6.45, 7) is 2.18. The Hall–Kier alpha value is -2.04. The van der Waals surface area contributed by atoms with Crippen LogP contribution in [0.5, 0.6) is 0 Å². The molecule has 6 heteroatoms. The van der Waals surface area contributed by atoms with Gasteiger partial charge in [0.05, 0.1) is 10.7 Å². The van der Waals surface area contributed by atoms with E-state index in [2.05, 4.69) is 17.6 Å². The summed E-state index contributed by atoms with van der Waals surface area (Å²) in [7, 11) is 0. The molecule has 2 aromatic carbocycles. The third-order valence-electron chi connectivity index (χ3n) is 4.88. The highest BCUT2D eigenvalue weighted by Crippen LogP contribution is 2.25. The number of anilines is 1. The Bertz CT molecular complexity index is 812. The van der Waals surface area contributed by atoms with Crippen LogP contribution in [0.15, 0.2) is 48.5 Å². The first-order valence-corrected chi connectivity index (χ1v) is 11.3. The minimum atomic E-state index is -0.688. The van der Waals surface area contributed by atoms with Crippen LogP contribution in [-0.4, -0.2) is 17.9 Å². The summed E-state index contributed by atoms with van der Waals surface area (Å²) in [5, 5.41) is 6.55. The van der Waals surface area contributed by atoms with Crippen molar-refractivity contribution in [2.45, 2.75) is 64.3 Å². The van der Waals surface area contributed by atoms with Gasteiger partial charge in [0.25, 0.3) is 0 Å². The zero-order chi connectivity index (χ0) is 21.8. The number of carbonyl (C=O) groups is 2. The minimum Gasteiger partial charge on any atom is -0.344 e. The van der Waals surface area contributed by atoms with Crippen LogP contribution < -0.4 is 10.6 Å². The van der Waals surface area contributed by atoms with Crippen molar-refractivity contribution in [1.82, 2.24) is 5.32 Å². The Kier molecular flexibility index (Phi) is 10.7. The van der Waals surface area contributed by atoms with Gasteiger partial charge in [-0.3, -0.25) is 9.59 Å². The van der Waals surface area contributed by atoms with Crippen LogP contribution in [0.25, 0.3) is 0 Å². The quantitative estimate of drug-likeness (QED) is 0.368. The van der Waals surface area contributed by atoms with Crippen LogP contribution in [0.3, 0.4) is 0 Å². The summed E-state index contributed by atoms with van der Waals surface area (Å²) in [6, 6.07) is 13.8. The fraction of sp³-hybridized carbons (Fsp3) is 0.417. The molecular formula is C24H30Cl2N2O2. The van der Waals surface area contributed by atoms with Crippen LogP contribution in [0.1, 0.15) is 57.4 Å². The molecule has 4 nitrogen and oxygen atoms in total. The van der Waals surface area contributed by atoms with Gasteiger partial charge >= 0.3 is 0 Å². The van der Waals surface area contributed by atoms with E-state index >= 15 is 0 Å². The van der Waals surface area contributed by atoms with E-state index in [-0.39, 0.29) is 11.8 Å². The predicted octanol–water partition coefficient (Wildman–Crippen LogP) is 6.41. The second kappa shape index (κ2) is 13.3. The molecule has 0 aliphatic heterocycles. The minimum absolute atomic E-state index is 0.108. The van der Waals surface area contributed by atoms with Crippen LogP contribution in [0.2, 0.25) is 10.0 Å². The van der Waals surface area contributed by atoms with Gasteiger partial charge in [-0.05, 0) is 30.2 Å². The van der Waals surface area contributed by atoms with Crippen LogP contribution >= 0.6 is 23.2 Å². The SMILES string of the molecule is CCCCCCCCC(=O)NC(Cc1ccccc1)C(=O)Nc1ccc(Cl)cc1Cl. The molecule has 0 radical (unpaired) electrons. The molecule has 2 amide bonds. The smallest absolute Gasteiger partial charge is 0.247 e. The molecule has 2 N–H and O–H groups in total. The van der Waals surface area contributed by atoms with Gasteiger partial charge in [0.2, 0.25) is 11.8 Å². The Balaban J connectivity index is 1.97. The van der Waals surface area contributed by atoms with Gasteiger partial charge in [0.15, 0.2) is 0 Å². The number of amides is 2. The number of unbranched alkanes of at least 4 members (excludes halogenated alkanes) is 5. The second-order valence-electron chi connectivity index (χ2n) is 7.44. The summed E-state index contributed by atoms with van der Waals surface area (Å²) in [6.07, 6.45) is 7.48. The number of rotatable bonds is 12. The lowest BCUT2D eigenvalue weighted by atomic mass is 10.0. The number of nitrogens with one attached hydrogen (secondary N) is 2. The summed E-state index contributed by atoms with van der Waals surface area (Å²) >= 11 is 12.1. The van der Waals surface area contributed by atoms with Gasteiger partial charge in [-0.25, -0.2) is 0 Å². The molecule has 2 aromatic rings. The highest BCUT2D eigenvalue weighted by molar-refractivity contribution is 6.36. The normalized spacial score (nSPS) is 11.7. The first-order valence-electron chi connectivity index (χ1n) is 10.6. The molecule has 0 spiro atoms. The average Bonchev–Trinajstić information content (AvgIpc) is 2.73. The molecule has 0 heterocycles. The van der Waals surface area contributed by atoms with E-state index in [4.69, 9.17) is 23.2 Å². The average molecular weight is 449 g/mol. The zero-order valence-corrected chi connectivity index (χ0v) is 18.9. The molecule has 30 heavy (non-hydrogen) atoms. The zero-order valence-electron chi connectivity index (χ0n) is 17.4. The van der Waals surface area contributed by atoms with E-state index in [1.165, 1.54) is 19.3 Å². The van der Waals surface area contributed by atoms with Crippen molar-refractivity contribution < 1.29 is 9.59 Å². The van der Waals surface area contributed by atoms with Gasteiger partial charge in [-0.2, -0.15) is 0 Å².